The van der Waals surface area contributed by atoms with Crippen LogP contribution >= 0.6 is 0 Å². The monoisotopic (exact) mass is 882 g/mol. The van der Waals surface area contributed by atoms with Gasteiger partial charge in [-0.25, -0.2) is 24.4 Å². The van der Waals surface area contributed by atoms with E-state index in [0.29, 0.717) is 116 Å². The van der Waals surface area contributed by atoms with Crippen molar-refractivity contribution in [2.75, 3.05) is 125 Å². The van der Waals surface area contributed by atoms with Crippen LogP contribution in [0.2, 0.25) is 0 Å². The molecule has 2 unspecified atom stereocenters. The number of carbonyl (C=O) groups excluding carboxylic acids is 2. The van der Waals surface area contributed by atoms with Crippen molar-refractivity contribution in [2.24, 2.45) is 17.8 Å². The molecule has 1 aliphatic heterocycles. The van der Waals surface area contributed by atoms with E-state index in [2.05, 4.69) is 37.3 Å². The Hall–Kier alpha value is -4.78. The highest BCUT2D eigenvalue weighted by Gasteiger charge is 2.49. The zero-order valence-corrected chi connectivity index (χ0v) is 35.9. The van der Waals surface area contributed by atoms with E-state index >= 15 is 0 Å². The van der Waals surface area contributed by atoms with Crippen molar-refractivity contribution < 1.29 is 62.5 Å². The van der Waals surface area contributed by atoms with Gasteiger partial charge in [0.1, 0.15) is 17.4 Å². The van der Waals surface area contributed by atoms with Gasteiger partial charge in [-0.1, -0.05) is 12.1 Å². The number of nitrogens with one attached hydrogen (secondary N) is 2. The molecular formula is C44H62N6O13. The summed E-state index contributed by atoms with van der Waals surface area (Å²) in [5, 5.41) is 24.6. The van der Waals surface area contributed by atoms with Crippen molar-refractivity contribution in [3.63, 3.8) is 0 Å². The van der Waals surface area contributed by atoms with Gasteiger partial charge in [0.15, 0.2) is 0 Å². The van der Waals surface area contributed by atoms with Gasteiger partial charge in [-0.05, 0) is 54.9 Å². The third kappa shape index (κ3) is 18.1. The maximum Gasteiger partial charge on any atom is 0.407 e. The molecule has 4 atom stereocenters. The van der Waals surface area contributed by atoms with Gasteiger partial charge in [0.2, 0.25) is 5.91 Å². The number of ether oxygens (including phenoxy) is 7. The van der Waals surface area contributed by atoms with Crippen molar-refractivity contribution in [3.05, 3.63) is 59.2 Å². The number of pyridine rings is 2. The Labute approximate surface area is 368 Å². The van der Waals surface area contributed by atoms with Gasteiger partial charge in [0.05, 0.1) is 97.3 Å². The highest BCUT2D eigenvalue weighted by atomic mass is 16.6. The second-order valence-electron chi connectivity index (χ2n) is 15.2. The lowest BCUT2D eigenvalue weighted by atomic mass is 10.1. The number of aromatic carboxylic acids is 2. The molecule has 3 aliphatic rings. The van der Waals surface area contributed by atoms with Crippen LogP contribution in [-0.4, -0.2) is 179 Å². The summed E-state index contributed by atoms with van der Waals surface area (Å²) < 4.78 is 40.2. The molecular weight excluding hydrogens is 821 g/mol. The molecule has 1 saturated heterocycles. The molecule has 2 aromatic rings. The Kier molecular flexibility index (Phi) is 22.0. The second kappa shape index (κ2) is 28.1. The maximum atomic E-state index is 13.9. The Bertz CT molecular complexity index is 1760. The Morgan fingerprint density at radius 1 is 0.698 bits per heavy atom. The summed E-state index contributed by atoms with van der Waals surface area (Å²) in [6.07, 6.45) is 3.55. The van der Waals surface area contributed by atoms with E-state index in [9.17, 15) is 29.4 Å². The standard InChI is InChI=1S/C44H62N6O13/c51-41(45-13-19-57-25-26-58-20-14-46-44(56)63-32-36-34-8-3-1-2-4-9-35(34)36)40(37-10-6-12-39(48-37)43(54)55)50-17-23-61-29-27-59-21-15-49(16-22-60-28-30-62-24-18-50)31-33-7-5-11-38(47-33)42(52)53/h5-7,10-12,34-36,40H,3-4,8-9,13-32H2,(H,45,51)(H,46,56)(H,52,53)(H,54,55)/t34-,35+,36?,40?. The van der Waals surface area contributed by atoms with Gasteiger partial charge in [-0.15, -0.1) is 11.8 Å². The molecule has 0 bridgehead atoms. The minimum atomic E-state index is -1.21. The number of fused-ring (bicyclic) bond motifs is 1. The molecule has 3 heterocycles. The molecule has 2 amide bonds. The molecule has 63 heavy (non-hydrogen) atoms. The van der Waals surface area contributed by atoms with Gasteiger partial charge >= 0.3 is 18.0 Å². The van der Waals surface area contributed by atoms with Crippen LogP contribution < -0.4 is 10.6 Å². The average Bonchev–Trinajstić information content (AvgIpc) is 3.92. The largest absolute Gasteiger partial charge is 0.477 e. The molecule has 0 aromatic carbocycles. The number of alkyl carbamates (subject to hydrolysis) is 1. The van der Waals surface area contributed by atoms with E-state index in [1.807, 2.05) is 4.90 Å². The summed E-state index contributed by atoms with van der Waals surface area (Å²) in [5.41, 5.74) is 0.684. The van der Waals surface area contributed by atoms with E-state index in [1.165, 1.54) is 12.1 Å². The van der Waals surface area contributed by atoms with E-state index in [0.717, 1.165) is 25.7 Å². The van der Waals surface area contributed by atoms with Crippen LogP contribution in [-0.2, 0) is 44.5 Å². The predicted molar refractivity (Wildman–Crippen MR) is 226 cm³/mol. The molecule has 19 heteroatoms. The summed E-state index contributed by atoms with van der Waals surface area (Å²) in [4.78, 5) is 61.7. The summed E-state index contributed by atoms with van der Waals surface area (Å²) in [6, 6.07) is 8.49. The third-order valence-corrected chi connectivity index (χ3v) is 10.9. The normalized spacial score (nSPS) is 21.4. The summed E-state index contributed by atoms with van der Waals surface area (Å²) in [5.74, 6) is 5.35. The molecule has 0 radical (unpaired) electrons. The number of hydrogen-bond acceptors (Lipinski definition) is 15. The fourth-order valence-electron chi connectivity index (χ4n) is 7.56. The van der Waals surface area contributed by atoms with Crippen LogP contribution in [0.1, 0.15) is 64.1 Å². The van der Waals surface area contributed by atoms with E-state index in [4.69, 9.17) is 33.2 Å². The SMILES string of the molecule is O=C(NCCOCCOCCNC(=O)C(c1cccc(C(=O)O)n1)N1CCOCCOCCN(Cc2cccc(C(=O)O)n2)CCOCCOCC1)OCC1[C@H]2CCC#CCC[C@@H]12. The third-order valence-electron chi connectivity index (χ3n) is 10.9. The lowest BCUT2D eigenvalue weighted by Gasteiger charge is -2.30. The smallest absolute Gasteiger partial charge is 0.407 e. The zero-order valence-electron chi connectivity index (χ0n) is 35.9. The Balaban J connectivity index is 1.03. The molecule has 346 valence electrons. The van der Waals surface area contributed by atoms with Gasteiger partial charge in [0.25, 0.3) is 0 Å². The molecule has 4 N–H and O–H groups in total. The number of rotatable bonds is 18. The van der Waals surface area contributed by atoms with Gasteiger partial charge in [0, 0.05) is 58.7 Å². The summed E-state index contributed by atoms with van der Waals surface area (Å²) in [7, 11) is 0. The fraction of sp³-hybridized carbons (Fsp3) is 0.636. The number of nitrogens with zero attached hydrogens (tertiary/aromatic N) is 4. The quantitative estimate of drug-likeness (QED) is 0.124. The average molecular weight is 883 g/mol. The lowest BCUT2D eigenvalue weighted by Crippen LogP contribution is -2.44. The molecule has 2 aromatic heterocycles. The molecule has 1 saturated carbocycles. The first-order valence-corrected chi connectivity index (χ1v) is 21.8. The minimum Gasteiger partial charge on any atom is -0.477 e. The number of hydrogen-bond donors (Lipinski definition) is 4. The summed E-state index contributed by atoms with van der Waals surface area (Å²) in [6.45, 7) is 6.60. The minimum absolute atomic E-state index is 0.0138. The number of carbonyl (C=O) groups is 4. The van der Waals surface area contributed by atoms with Crippen molar-refractivity contribution in [3.8, 4) is 11.8 Å². The first kappa shape index (κ1) is 49.2. The fourth-order valence-corrected chi connectivity index (χ4v) is 7.56. The van der Waals surface area contributed by atoms with Crippen molar-refractivity contribution in [1.29, 1.82) is 0 Å². The molecule has 5 rings (SSSR count). The van der Waals surface area contributed by atoms with E-state index < -0.39 is 30.0 Å². The highest BCUT2D eigenvalue weighted by Crippen LogP contribution is 2.52. The van der Waals surface area contributed by atoms with Crippen LogP contribution in [0.15, 0.2) is 36.4 Å². The number of amides is 2. The molecule has 0 spiro atoms. The van der Waals surface area contributed by atoms with Crippen molar-refractivity contribution in [1.82, 2.24) is 30.4 Å². The topological polar surface area (TPSA) is 230 Å². The van der Waals surface area contributed by atoms with Crippen molar-refractivity contribution in [2.45, 2.75) is 38.3 Å². The lowest BCUT2D eigenvalue weighted by molar-refractivity contribution is -0.128. The Morgan fingerprint density at radius 3 is 1.83 bits per heavy atom. The number of aromatic nitrogens is 2. The molecule has 2 fully saturated rings. The zero-order chi connectivity index (χ0) is 44.5. The molecule has 2 aliphatic carbocycles. The number of carboxylic acid groups (broad SMARTS) is 2. The first-order chi connectivity index (χ1) is 30.8. The first-order valence-electron chi connectivity index (χ1n) is 21.8. The highest BCUT2D eigenvalue weighted by molar-refractivity contribution is 5.86. The number of carboxylic acids is 2. The second-order valence-corrected chi connectivity index (χ2v) is 15.2. The Morgan fingerprint density at radius 2 is 1.24 bits per heavy atom. The van der Waals surface area contributed by atoms with Crippen LogP contribution in [0.5, 0.6) is 0 Å². The van der Waals surface area contributed by atoms with E-state index in [-0.39, 0.29) is 56.7 Å². The van der Waals surface area contributed by atoms with Crippen LogP contribution in [0.25, 0.3) is 0 Å². The van der Waals surface area contributed by atoms with Crippen LogP contribution in [0.4, 0.5) is 4.79 Å². The van der Waals surface area contributed by atoms with E-state index in [1.54, 1.807) is 24.3 Å². The molecule has 19 nitrogen and oxygen atoms in total. The van der Waals surface area contributed by atoms with Gasteiger partial charge in [-0.3, -0.25) is 14.6 Å². The predicted octanol–water partition coefficient (Wildman–Crippen LogP) is 2.11. The van der Waals surface area contributed by atoms with Crippen molar-refractivity contribution >= 4 is 23.9 Å². The van der Waals surface area contributed by atoms with Gasteiger partial charge in [-0.2, -0.15) is 0 Å². The van der Waals surface area contributed by atoms with Gasteiger partial charge < -0.3 is 54.0 Å². The summed E-state index contributed by atoms with van der Waals surface area (Å²) >= 11 is 0. The van der Waals surface area contributed by atoms with Crippen LogP contribution in [0, 0.1) is 29.6 Å². The maximum absolute atomic E-state index is 13.9. The van der Waals surface area contributed by atoms with Crippen LogP contribution in [0.3, 0.4) is 0 Å².